The Morgan fingerprint density at radius 2 is 1.90 bits per heavy atom. The van der Waals surface area contributed by atoms with Crippen LogP contribution in [0.1, 0.15) is 32.6 Å². The van der Waals surface area contributed by atoms with Crippen LogP contribution < -0.4 is 5.73 Å². The summed E-state index contributed by atoms with van der Waals surface area (Å²) in [5, 5.41) is 0. The van der Waals surface area contributed by atoms with Crippen LogP contribution in [0.5, 0.6) is 0 Å². The largest absolute Gasteiger partial charge is 0.349 e. The van der Waals surface area contributed by atoms with Gasteiger partial charge < -0.3 is 15.5 Å². The van der Waals surface area contributed by atoms with Crippen LogP contribution >= 0.6 is 0 Å². The Hall–Kier alpha value is -0.650. The highest BCUT2D eigenvalue weighted by molar-refractivity contribution is 5.75. The first-order valence-corrected chi connectivity index (χ1v) is 7.95. The van der Waals surface area contributed by atoms with E-state index in [2.05, 4.69) is 16.7 Å². The molecule has 1 amide bonds. The molecule has 1 saturated heterocycles. The summed E-state index contributed by atoms with van der Waals surface area (Å²) in [6.45, 7) is 8.47. The van der Waals surface area contributed by atoms with Crippen molar-refractivity contribution in [2.24, 2.45) is 5.73 Å². The lowest BCUT2D eigenvalue weighted by molar-refractivity contribution is -0.128. The lowest BCUT2D eigenvalue weighted by atomic mass is 10.1. The van der Waals surface area contributed by atoms with Gasteiger partial charge in [0.25, 0.3) is 0 Å². The van der Waals surface area contributed by atoms with Crippen LogP contribution in [0.25, 0.3) is 0 Å². The first-order chi connectivity index (χ1) is 9.58. The average Bonchev–Trinajstić information content (AvgIpc) is 2.45. The third-order valence-electron chi connectivity index (χ3n) is 4.18. The van der Waals surface area contributed by atoms with Gasteiger partial charge in [0.05, 0.1) is 0 Å². The normalized spacial score (nSPS) is 19.0. The first kappa shape index (κ1) is 17.4. The molecule has 1 aliphatic heterocycles. The first-order valence-electron chi connectivity index (χ1n) is 7.95. The fourth-order valence-electron chi connectivity index (χ4n) is 2.81. The van der Waals surface area contributed by atoms with Gasteiger partial charge in [0.2, 0.25) is 5.91 Å². The zero-order valence-electron chi connectivity index (χ0n) is 13.5. The van der Waals surface area contributed by atoms with Gasteiger partial charge in [-0.15, -0.1) is 0 Å². The van der Waals surface area contributed by atoms with Crippen molar-refractivity contribution in [3.05, 3.63) is 0 Å². The van der Waals surface area contributed by atoms with E-state index in [-0.39, 0.29) is 5.91 Å². The zero-order valence-corrected chi connectivity index (χ0v) is 13.5. The van der Waals surface area contributed by atoms with E-state index in [1.165, 1.54) is 12.8 Å². The van der Waals surface area contributed by atoms with Gasteiger partial charge in [-0.25, -0.2) is 0 Å². The SMILES string of the molecule is CCCC(CN)N1CCN(CCCC(=O)N(C)C)CC1. The molecule has 1 rings (SSSR count). The summed E-state index contributed by atoms with van der Waals surface area (Å²) >= 11 is 0. The van der Waals surface area contributed by atoms with Gasteiger partial charge >= 0.3 is 0 Å². The van der Waals surface area contributed by atoms with Gasteiger partial charge in [-0.05, 0) is 19.4 Å². The number of nitrogens with zero attached hydrogens (tertiary/aromatic N) is 3. The predicted octanol–water partition coefficient (Wildman–Crippen LogP) is 0.600. The molecule has 0 aromatic heterocycles. The van der Waals surface area contributed by atoms with E-state index in [1.54, 1.807) is 4.90 Å². The molecule has 0 aromatic carbocycles. The molecule has 0 aliphatic carbocycles. The van der Waals surface area contributed by atoms with E-state index in [1.807, 2.05) is 14.1 Å². The summed E-state index contributed by atoms with van der Waals surface area (Å²) in [6.07, 6.45) is 4.03. The summed E-state index contributed by atoms with van der Waals surface area (Å²) in [7, 11) is 3.64. The monoisotopic (exact) mass is 284 g/mol. The fourth-order valence-corrected chi connectivity index (χ4v) is 2.81. The second kappa shape index (κ2) is 9.32. The van der Waals surface area contributed by atoms with Crippen molar-refractivity contribution in [3.8, 4) is 0 Å². The summed E-state index contributed by atoms with van der Waals surface area (Å²) < 4.78 is 0. The maximum absolute atomic E-state index is 11.5. The summed E-state index contributed by atoms with van der Waals surface area (Å²) in [4.78, 5) is 18.2. The molecule has 1 atom stereocenters. The Labute approximate surface area is 124 Å². The van der Waals surface area contributed by atoms with Gasteiger partial charge in [-0.2, -0.15) is 0 Å². The predicted molar refractivity (Wildman–Crippen MR) is 83.7 cm³/mol. The van der Waals surface area contributed by atoms with Crippen LogP contribution in [-0.2, 0) is 4.79 Å². The quantitative estimate of drug-likeness (QED) is 0.709. The van der Waals surface area contributed by atoms with E-state index in [0.717, 1.165) is 45.7 Å². The molecule has 1 heterocycles. The number of carbonyl (C=O) groups is 1. The van der Waals surface area contributed by atoms with Crippen molar-refractivity contribution in [3.63, 3.8) is 0 Å². The average molecular weight is 284 g/mol. The molecule has 0 spiro atoms. The molecular weight excluding hydrogens is 252 g/mol. The smallest absolute Gasteiger partial charge is 0.222 e. The molecular formula is C15H32N4O. The molecule has 118 valence electrons. The Kier molecular flexibility index (Phi) is 8.11. The highest BCUT2D eigenvalue weighted by atomic mass is 16.2. The fraction of sp³-hybridized carbons (Fsp3) is 0.933. The maximum atomic E-state index is 11.5. The topological polar surface area (TPSA) is 52.8 Å². The molecule has 1 aliphatic rings. The van der Waals surface area contributed by atoms with E-state index in [0.29, 0.717) is 12.5 Å². The zero-order chi connectivity index (χ0) is 15.0. The molecule has 0 aromatic rings. The minimum absolute atomic E-state index is 0.231. The molecule has 0 bridgehead atoms. The minimum atomic E-state index is 0.231. The number of hydrogen-bond acceptors (Lipinski definition) is 4. The third kappa shape index (κ3) is 5.77. The molecule has 0 radical (unpaired) electrons. The number of hydrogen-bond donors (Lipinski definition) is 1. The van der Waals surface area contributed by atoms with Crippen molar-refractivity contribution < 1.29 is 4.79 Å². The minimum Gasteiger partial charge on any atom is -0.349 e. The number of rotatable bonds is 8. The number of nitrogens with two attached hydrogens (primary N) is 1. The second-order valence-electron chi connectivity index (χ2n) is 5.95. The second-order valence-corrected chi connectivity index (χ2v) is 5.95. The van der Waals surface area contributed by atoms with Gasteiger partial charge in [0.1, 0.15) is 0 Å². The standard InChI is InChI=1S/C15H32N4O/c1-4-6-14(13-16)19-11-9-18(10-12-19)8-5-7-15(20)17(2)3/h14H,4-13,16H2,1-3H3. The van der Waals surface area contributed by atoms with Gasteiger partial charge in [-0.1, -0.05) is 13.3 Å². The van der Waals surface area contributed by atoms with Gasteiger partial charge in [0.15, 0.2) is 0 Å². The number of amides is 1. The van der Waals surface area contributed by atoms with Crippen molar-refractivity contribution in [1.82, 2.24) is 14.7 Å². The number of piperazine rings is 1. The van der Waals surface area contributed by atoms with Gasteiger partial charge in [-0.3, -0.25) is 9.69 Å². The molecule has 5 heteroatoms. The molecule has 5 nitrogen and oxygen atoms in total. The molecule has 0 saturated carbocycles. The van der Waals surface area contributed by atoms with Crippen LogP contribution in [0.15, 0.2) is 0 Å². The van der Waals surface area contributed by atoms with E-state index in [4.69, 9.17) is 5.73 Å². The van der Waals surface area contributed by atoms with Crippen LogP contribution in [0, 0.1) is 0 Å². The Morgan fingerprint density at radius 1 is 1.25 bits per heavy atom. The van der Waals surface area contributed by atoms with E-state index >= 15 is 0 Å². The summed E-state index contributed by atoms with van der Waals surface area (Å²) in [5.41, 5.74) is 5.87. The Bertz CT molecular complexity index is 275. The van der Waals surface area contributed by atoms with Crippen molar-refractivity contribution in [2.75, 3.05) is 53.4 Å². The van der Waals surface area contributed by atoms with Gasteiger partial charge in [0, 0.05) is 59.3 Å². The highest BCUT2D eigenvalue weighted by Crippen LogP contribution is 2.11. The Morgan fingerprint density at radius 3 is 2.40 bits per heavy atom. The lowest BCUT2D eigenvalue weighted by Gasteiger charge is -2.39. The van der Waals surface area contributed by atoms with Crippen LogP contribution in [-0.4, -0.2) is 80.0 Å². The van der Waals surface area contributed by atoms with Crippen LogP contribution in [0.2, 0.25) is 0 Å². The third-order valence-corrected chi connectivity index (χ3v) is 4.18. The van der Waals surface area contributed by atoms with E-state index in [9.17, 15) is 4.79 Å². The van der Waals surface area contributed by atoms with Crippen LogP contribution in [0.3, 0.4) is 0 Å². The lowest BCUT2D eigenvalue weighted by Crippen LogP contribution is -2.52. The maximum Gasteiger partial charge on any atom is 0.222 e. The Balaban J connectivity index is 2.20. The van der Waals surface area contributed by atoms with Crippen molar-refractivity contribution in [1.29, 1.82) is 0 Å². The van der Waals surface area contributed by atoms with Crippen molar-refractivity contribution >= 4 is 5.91 Å². The molecule has 20 heavy (non-hydrogen) atoms. The summed E-state index contributed by atoms with van der Waals surface area (Å²) in [5.74, 6) is 0.231. The number of carbonyl (C=O) groups excluding carboxylic acids is 1. The van der Waals surface area contributed by atoms with Crippen LogP contribution in [0.4, 0.5) is 0 Å². The molecule has 2 N–H and O–H groups in total. The molecule has 1 fully saturated rings. The molecule has 1 unspecified atom stereocenters. The van der Waals surface area contributed by atoms with E-state index < -0.39 is 0 Å². The summed E-state index contributed by atoms with van der Waals surface area (Å²) in [6, 6.07) is 0.553. The van der Waals surface area contributed by atoms with Crippen molar-refractivity contribution in [2.45, 2.75) is 38.6 Å². The highest BCUT2D eigenvalue weighted by Gasteiger charge is 2.22.